The summed E-state index contributed by atoms with van der Waals surface area (Å²) in [6.07, 6.45) is 3.12. The van der Waals surface area contributed by atoms with Crippen molar-refractivity contribution < 1.29 is 4.74 Å². The number of aryl methyl sites for hydroxylation is 1. The zero-order chi connectivity index (χ0) is 22.0. The maximum Gasteiger partial charge on any atom is 0.127 e. The Bertz CT molecular complexity index is 1070. The first-order valence-electron chi connectivity index (χ1n) is 11.2. The van der Waals surface area contributed by atoms with Crippen molar-refractivity contribution in [3.8, 4) is 11.5 Å². The third-order valence-electron chi connectivity index (χ3n) is 6.18. The predicted octanol–water partition coefficient (Wildman–Crippen LogP) is 7.65. The lowest BCUT2D eigenvalue weighted by atomic mass is 9.79. The first kappa shape index (κ1) is 21.2. The number of aliphatic imine (C=N–C) groups is 1. The zero-order valence-electron chi connectivity index (χ0n) is 19.2. The molecule has 0 unspecified atom stereocenters. The van der Waals surface area contributed by atoms with E-state index in [4.69, 9.17) is 4.74 Å². The number of anilines is 1. The van der Waals surface area contributed by atoms with Gasteiger partial charge in [0.2, 0.25) is 0 Å². The number of ether oxygens (including phenoxy) is 1. The summed E-state index contributed by atoms with van der Waals surface area (Å²) in [5.41, 5.74) is 6.26. The highest BCUT2D eigenvalue weighted by atomic mass is 16.5. The first-order chi connectivity index (χ1) is 14.9. The largest absolute Gasteiger partial charge is 0.457 e. The second kappa shape index (κ2) is 8.58. The maximum atomic E-state index is 5.91. The number of hydrogen-bond acceptors (Lipinski definition) is 3. The van der Waals surface area contributed by atoms with Crippen molar-refractivity contribution in [2.75, 3.05) is 11.4 Å². The second-order valence-corrected chi connectivity index (χ2v) is 9.15. The van der Waals surface area contributed by atoms with Crippen molar-refractivity contribution in [3.63, 3.8) is 0 Å². The van der Waals surface area contributed by atoms with Crippen LogP contribution >= 0.6 is 0 Å². The molecule has 0 fully saturated rings. The Kier molecular flexibility index (Phi) is 5.86. The minimum Gasteiger partial charge on any atom is -0.457 e. The smallest absolute Gasteiger partial charge is 0.127 e. The Labute approximate surface area is 186 Å². The van der Waals surface area contributed by atoms with Gasteiger partial charge in [0, 0.05) is 24.0 Å². The Balaban J connectivity index is 1.49. The molecule has 0 radical (unpaired) electrons. The van der Waals surface area contributed by atoms with E-state index in [2.05, 4.69) is 62.7 Å². The molecule has 0 bridgehead atoms. The summed E-state index contributed by atoms with van der Waals surface area (Å²) in [4.78, 5) is 7.21. The van der Waals surface area contributed by atoms with Gasteiger partial charge in [-0.3, -0.25) is 4.99 Å². The van der Waals surface area contributed by atoms with Crippen LogP contribution in [0.5, 0.6) is 11.5 Å². The Morgan fingerprint density at radius 1 is 1.00 bits per heavy atom. The van der Waals surface area contributed by atoms with Crippen LogP contribution < -0.4 is 9.64 Å². The number of nitrogens with zero attached hydrogens (tertiary/aromatic N) is 2. The highest BCUT2D eigenvalue weighted by Gasteiger charge is 2.35. The Hall–Kier alpha value is -3.07. The van der Waals surface area contributed by atoms with E-state index in [0.717, 1.165) is 35.7 Å². The fraction of sp³-hybridized carbons (Fsp3) is 0.321. The lowest BCUT2D eigenvalue weighted by Crippen LogP contribution is -2.48. The van der Waals surface area contributed by atoms with E-state index >= 15 is 0 Å². The molecule has 1 atom stereocenters. The second-order valence-electron chi connectivity index (χ2n) is 9.15. The van der Waals surface area contributed by atoms with Crippen LogP contribution in [0.3, 0.4) is 0 Å². The number of hydrogen-bond donors (Lipinski definition) is 0. The van der Waals surface area contributed by atoms with Gasteiger partial charge in [-0.05, 0) is 99.7 Å². The van der Waals surface area contributed by atoms with E-state index in [1.54, 1.807) is 0 Å². The van der Waals surface area contributed by atoms with Gasteiger partial charge in [0.15, 0.2) is 0 Å². The minimum atomic E-state index is 0.194. The lowest BCUT2D eigenvalue weighted by Gasteiger charge is -2.47. The van der Waals surface area contributed by atoms with Crippen LogP contribution in [0.4, 0.5) is 11.4 Å². The monoisotopic (exact) mass is 412 g/mol. The summed E-state index contributed by atoms with van der Waals surface area (Å²) in [5.74, 6) is 2.20. The molecule has 3 heteroatoms. The molecule has 4 rings (SSSR count). The summed E-state index contributed by atoms with van der Waals surface area (Å²) in [6, 6.07) is 22.7. The number of benzene rings is 3. The van der Waals surface area contributed by atoms with Crippen LogP contribution in [0.1, 0.15) is 56.7 Å². The number of rotatable bonds is 5. The van der Waals surface area contributed by atoms with Crippen molar-refractivity contribution in [1.82, 2.24) is 0 Å². The summed E-state index contributed by atoms with van der Waals surface area (Å²) >= 11 is 0. The Morgan fingerprint density at radius 2 is 1.65 bits per heavy atom. The van der Waals surface area contributed by atoms with Gasteiger partial charge in [0.25, 0.3) is 0 Å². The molecule has 3 aromatic rings. The average molecular weight is 413 g/mol. The summed E-state index contributed by atoms with van der Waals surface area (Å²) in [7, 11) is 0. The zero-order valence-corrected chi connectivity index (χ0v) is 19.2. The summed E-state index contributed by atoms with van der Waals surface area (Å²) in [6.45, 7) is 12.4. The molecule has 0 amide bonds. The van der Waals surface area contributed by atoms with Gasteiger partial charge in [-0.25, -0.2) is 0 Å². The molecule has 0 aliphatic carbocycles. The molecule has 1 aliphatic heterocycles. The lowest BCUT2D eigenvalue weighted by molar-refractivity contribution is 0.381. The van der Waals surface area contributed by atoms with Crippen LogP contribution in [0.15, 0.2) is 71.7 Å². The highest BCUT2D eigenvalue weighted by molar-refractivity contribution is 5.83. The summed E-state index contributed by atoms with van der Waals surface area (Å²) < 4.78 is 5.91. The molecule has 0 spiro atoms. The fourth-order valence-electron chi connectivity index (χ4n) is 4.68. The van der Waals surface area contributed by atoms with Crippen molar-refractivity contribution >= 4 is 17.6 Å². The molecule has 31 heavy (non-hydrogen) atoms. The van der Waals surface area contributed by atoms with Gasteiger partial charge in [0.1, 0.15) is 11.5 Å². The van der Waals surface area contributed by atoms with Crippen LogP contribution in [0, 0.1) is 6.92 Å². The van der Waals surface area contributed by atoms with Gasteiger partial charge in [-0.1, -0.05) is 30.7 Å². The van der Waals surface area contributed by atoms with Crippen LogP contribution in [-0.4, -0.2) is 18.3 Å². The SMILES string of the molecule is CCN1c2ccc(C=Nc3ccc(Oc4ccc(C)cc4)cc3)cc2[C@@H](C)CC1(C)C. The first-order valence-corrected chi connectivity index (χ1v) is 11.2. The normalized spacial score (nSPS) is 17.6. The van der Waals surface area contributed by atoms with E-state index in [1.807, 2.05) is 54.7 Å². The predicted molar refractivity (Wildman–Crippen MR) is 132 cm³/mol. The van der Waals surface area contributed by atoms with Crippen molar-refractivity contribution in [3.05, 3.63) is 83.4 Å². The topological polar surface area (TPSA) is 24.8 Å². The molecule has 0 N–H and O–H groups in total. The Morgan fingerprint density at radius 3 is 2.29 bits per heavy atom. The van der Waals surface area contributed by atoms with Crippen LogP contribution in [-0.2, 0) is 0 Å². The molecule has 0 saturated carbocycles. The molecule has 160 valence electrons. The van der Waals surface area contributed by atoms with Crippen molar-refractivity contribution in [2.45, 2.75) is 52.5 Å². The molecular weight excluding hydrogens is 380 g/mol. The molecule has 3 aromatic carbocycles. The molecular formula is C28H32N2O. The van der Waals surface area contributed by atoms with Crippen molar-refractivity contribution in [1.29, 1.82) is 0 Å². The van der Waals surface area contributed by atoms with Crippen molar-refractivity contribution in [2.24, 2.45) is 4.99 Å². The van der Waals surface area contributed by atoms with E-state index in [1.165, 1.54) is 16.8 Å². The molecule has 3 nitrogen and oxygen atoms in total. The highest BCUT2D eigenvalue weighted by Crippen LogP contribution is 2.43. The summed E-state index contributed by atoms with van der Waals surface area (Å²) in [5, 5.41) is 0. The maximum absolute atomic E-state index is 5.91. The molecule has 0 aromatic heterocycles. The average Bonchev–Trinajstić information content (AvgIpc) is 2.75. The van der Waals surface area contributed by atoms with Gasteiger partial charge in [-0.2, -0.15) is 0 Å². The van der Waals surface area contributed by atoms with Crippen LogP contribution in [0.25, 0.3) is 0 Å². The van der Waals surface area contributed by atoms with E-state index in [-0.39, 0.29) is 5.54 Å². The van der Waals surface area contributed by atoms with Gasteiger partial charge < -0.3 is 9.64 Å². The van der Waals surface area contributed by atoms with Gasteiger partial charge in [-0.15, -0.1) is 0 Å². The van der Waals surface area contributed by atoms with Crippen LogP contribution in [0.2, 0.25) is 0 Å². The number of fused-ring (bicyclic) bond motifs is 1. The fourth-order valence-corrected chi connectivity index (χ4v) is 4.68. The quantitative estimate of drug-likeness (QED) is 0.402. The van der Waals surface area contributed by atoms with E-state index in [0.29, 0.717) is 5.92 Å². The molecule has 1 heterocycles. The van der Waals surface area contributed by atoms with E-state index in [9.17, 15) is 0 Å². The standard InChI is InChI=1S/C28H32N2O/c1-6-30-27-16-9-22(17-26(27)21(3)18-28(30,4)5)19-29-23-10-14-25(15-11-23)31-24-12-7-20(2)8-13-24/h7-17,19,21H,6,18H2,1-5H3/t21-/m0/s1. The minimum absolute atomic E-state index is 0.194. The van der Waals surface area contributed by atoms with E-state index < -0.39 is 0 Å². The third-order valence-corrected chi connectivity index (χ3v) is 6.18. The van der Waals surface area contributed by atoms with Gasteiger partial charge in [0.05, 0.1) is 5.69 Å². The molecule has 1 aliphatic rings. The third kappa shape index (κ3) is 4.66. The van der Waals surface area contributed by atoms with Gasteiger partial charge >= 0.3 is 0 Å². The molecule has 0 saturated heterocycles.